The Hall–Kier alpha value is -4.64. The van der Waals surface area contributed by atoms with E-state index in [9.17, 15) is 19.2 Å². The van der Waals surface area contributed by atoms with Gasteiger partial charge in [0.05, 0.1) is 23.1 Å². The summed E-state index contributed by atoms with van der Waals surface area (Å²) in [6.45, 7) is 0.713. The zero-order valence-electron chi connectivity index (χ0n) is 25.0. The first-order chi connectivity index (χ1) is 22.2. The van der Waals surface area contributed by atoms with Gasteiger partial charge in [-0.1, -0.05) is 83.9 Å². The smallest absolute Gasteiger partial charge is 0.332 e. The molecule has 2 saturated heterocycles. The maximum Gasteiger partial charge on any atom is 0.332 e. The second-order valence-corrected chi connectivity index (χ2v) is 12.2. The SMILES string of the molecule is CN(C(=O)NCc1ccc(Cl)c(Cl)c1)N1CC(=O)N2[C@@H](Cc3ccc(NC=O)cc3)C(=O)N(Cc3cccc4ccccc34)C[C@@H]21. The number of hydrogen-bond donors (Lipinski definition) is 2. The van der Waals surface area contributed by atoms with Crippen LogP contribution in [0, 0.1) is 0 Å². The molecule has 2 fully saturated rings. The summed E-state index contributed by atoms with van der Waals surface area (Å²) in [5.41, 5.74) is 3.22. The number of hydrogen-bond acceptors (Lipinski definition) is 5. The van der Waals surface area contributed by atoms with Gasteiger partial charge in [0.2, 0.25) is 18.2 Å². The molecule has 0 saturated carbocycles. The Kier molecular flexibility index (Phi) is 9.12. The highest BCUT2D eigenvalue weighted by atomic mass is 35.5. The van der Waals surface area contributed by atoms with Gasteiger partial charge in [0.15, 0.2) is 0 Å². The molecule has 2 aliphatic heterocycles. The summed E-state index contributed by atoms with van der Waals surface area (Å²) in [4.78, 5) is 55.4. The molecule has 6 rings (SSSR count). The van der Waals surface area contributed by atoms with E-state index in [1.807, 2.05) is 54.6 Å². The Bertz CT molecular complexity index is 1800. The molecule has 5 amide bonds. The fourth-order valence-electron chi connectivity index (χ4n) is 6.17. The Morgan fingerprint density at radius 1 is 0.957 bits per heavy atom. The first-order valence-corrected chi connectivity index (χ1v) is 15.6. The zero-order valence-corrected chi connectivity index (χ0v) is 26.5. The van der Waals surface area contributed by atoms with E-state index >= 15 is 0 Å². The number of rotatable bonds is 9. The van der Waals surface area contributed by atoms with E-state index in [2.05, 4.69) is 10.6 Å². The average molecular weight is 660 g/mol. The molecule has 2 aliphatic rings. The minimum absolute atomic E-state index is 0.0601. The van der Waals surface area contributed by atoms with Crippen molar-refractivity contribution in [2.24, 2.45) is 0 Å². The van der Waals surface area contributed by atoms with Crippen molar-refractivity contribution in [3.63, 3.8) is 0 Å². The molecule has 0 unspecified atom stereocenters. The largest absolute Gasteiger partial charge is 0.333 e. The van der Waals surface area contributed by atoms with Crippen LogP contribution in [-0.4, -0.2) is 76.4 Å². The van der Waals surface area contributed by atoms with Crippen LogP contribution in [0.25, 0.3) is 10.8 Å². The summed E-state index contributed by atoms with van der Waals surface area (Å²) in [5.74, 6) is -0.405. The van der Waals surface area contributed by atoms with Gasteiger partial charge in [0.1, 0.15) is 12.2 Å². The second kappa shape index (κ2) is 13.4. The van der Waals surface area contributed by atoms with Crippen LogP contribution < -0.4 is 10.6 Å². The minimum atomic E-state index is -0.788. The number of fused-ring (bicyclic) bond motifs is 2. The molecular weight excluding hydrogens is 627 g/mol. The molecule has 0 aliphatic carbocycles. The summed E-state index contributed by atoms with van der Waals surface area (Å²) in [7, 11) is 1.61. The van der Waals surface area contributed by atoms with Crippen LogP contribution in [0.15, 0.2) is 84.9 Å². The molecule has 0 bridgehead atoms. The molecule has 2 atom stereocenters. The van der Waals surface area contributed by atoms with Crippen molar-refractivity contribution in [2.45, 2.75) is 31.7 Å². The molecule has 10 nitrogen and oxygen atoms in total. The van der Waals surface area contributed by atoms with Gasteiger partial charge < -0.3 is 20.4 Å². The van der Waals surface area contributed by atoms with Gasteiger partial charge in [0.25, 0.3) is 0 Å². The van der Waals surface area contributed by atoms with Crippen molar-refractivity contribution in [1.82, 2.24) is 25.1 Å². The summed E-state index contributed by atoms with van der Waals surface area (Å²) in [6, 6.07) is 25.2. The van der Waals surface area contributed by atoms with Crippen LogP contribution in [0.1, 0.15) is 16.7 Å². The minimum Gasteiger partial charge on any atom is -0.333 e. The number of hydrazine groups is 1. The lowest BCUT2D eigenvalue weighted by atomic mass is 9.98. The fraction of sp³-hybridized carbons (Fsp3) is 0.235. The number of piperazine rings is 1. The molecule has 236 valence electrons. The van der Waals surface area contributed by atoms with Gasteiger partial charge in [-0.2, -0.15) is 5.01 Å². The highest BCUT2D eigenvalue weighted by Crippen LogP contribution is 2.31. The van der Waals surface area contributed by atoms with Crippen molar-refractivity contribution in [2.75, 3.05) is 25.5 Å². The summed E-state index contributed by atoms with van der Waals surface area (Å²) in [5, 5.41) is 11.5. The highest BCUT2D eigenvalue weighted by Gasteiger charge is 2.51. The number of amides is 5. The van der Waals surface area contributed by atoms with Crippen LogP contribution in [0.4, 0.5) is 10.5 Å². The van der Waals surface area contributed by atoms with Gasteiger partial charge in [-0.3, -0.25) is 19.4 Å². The van der Waals surface area contributed by atoms with Crippen molar-refractivity contribution in [3.8, 4) is 0 Å². The number of carbonyl (C=O) groups is 4. The third-order valence-corrected chi connectivity index (χ3v) is 9.26. The molecule has 2 N–H and O–H groups in total. The normalized spacial score (nSPS) is 18.1. The van der Waals surface area contributed by atoms with Gasteiger partial charge in [-0.15, -0.1) is 0 Å². The maximum absolute atomic E-state index is 14.2. The summed E-state index contributed by atoms with van der Waals surface area (Å²) >= 11 is 12.2. The van der Waals surface area contributed by atoms with Gasteiger partial charge in [-0.05, 0) is 51.7 Å². The van der Waals surface area contributed by atoms with E-state index in [-0.39, 0.29) is 37.9 Å². The summed E-state index contributed by atoms with van der Waals surface area (Å²) < 4.78 is 0. The van der Waals surface area contributed by atoms with Gasteiger partial charge in [0, 0.05) is 32.2 Å². The predicted octanol–water partition coefficient (Wildman–Crippen LogP) is 4.90. The number of benzene rings is 4. The molecule has 4 aromatic rings. The molecule has 0 radical (unpaired) electrons. The van der Waals surface area contributed by atoms with Crippen LogP contribution >= 0.6 is 23.2 Å². The Labute approximate surface area is 276 Å². The summed E-state index contributed by atoms with van der Waals surface area (Å²) in [6.07, 6.45) is 0.307. The Morgan fingerprint density at radius 3 is 2.46 bits per heavy atom. The topological polar surface area (TPSA) is 105 Å². The first-order valence-electron chi connectivity index (χ1n) is 14.8. The van der Waals surface area contributed by atoms with E-state index in [1.165, 1.54) is 5.01 Å². The van der Waals surface area contributed by atoms with Gasteiger partial charge in [-0.25, -0.2) is 4.79 Å². The Balaban J connectivity index is 1.27. The van der Waals surface area contributed by atoms with E-state index in [0.29, 0.717) is 28.7 Å². The van der Waals surface area contributed by atoms with Crippen LogP contribution in [-0.2, 0) is 33.9 Å². The van der Waals surface area contributed by atoms with Crippen LogP contribution in [0.3, 0.4) is 0 Å². The fourth-order valence-corrected chi connectivity index (χ4v) is 6.49. The number of carbonyl (C=O) groups excluding carboxylic acids is 4. The molecule has 2 heterocycles. The standard InChI is InChI=1S/C34H32Cl2N6O4/c1-39(34(46)37-17-23-11-14-28(35)29(36)15-23)41-20-32(44)42-30(16-22-9-12-26(13-10-22)38-21-43)33(45)40(19-31(41)42)18-25-7-4-6-24-5-2-3-8-27(24)25/h2-15,21,30-31H,16-20H2,1H3,(H,37,46)(H,38,43)/t30-,31+/m0/s1. The number of nitrogens with one attached hydrogen (secondary N) is 2. The van der Waals surface area contributed by atoms with Crippen LogP contribution in [0.2, 0.25) is 10.0 Å². The van der Waals surface area contributed by atoms with Crippen molar-refractivity contribution >= 4 is 63.9 Å². The average Bonchev–Trinajstić information content (AvgIpc) is 3.39. The van der Waals surface area contributed by atoms with E-state index in [1.54, 1.807) is 52.2 Å². The second-order valence-electron chi connectivity index (χ2n) is 11.3. The lowest BCUT2D eigenvalue weighted by Crippen LogP contribution is -2.65. The first kappa shape index (κ1) is 31.3. The number of urea groups is 1. The quantitative estimate of drug-likeness (QED) is 0.249. The third-order valence-electron chi connectivity index (χ3n) is 8.52. The van der Waals surface area contributed by atoms with E-state index < -0.39 is 18.2 Å². The zero-order chi connectivity index (χ0) is 32.4. The van der Waals surface area contributed by atoms with Crippen molar-refractivity contribution < 1.29 is 19.2 Å². The van der Waals surface area contributed by atoms with E-state index in [4.69, 9.17) is 23.2 Å². The molecule has 12 heteroatoms. The van der Waals surface area contributed by atoms with Crippen molar-refractivity contribution in [1.29, 1.82) is 0 Å². The number of anilines is 1. The Morgan fingerprint density at radius 2 is 1.70 bits per heavy atom. The lowest BCUT2D eigenvalue weighted by molar-refractivity contribution is -0.157. The monoisotopic (exact) mass is 658 g/mol. The molecular formula is C34H32Cl2N6O4. The third kappa shape index (κ3) is 6.37. The van der Waals surface area contributed by atoms with Crippen LogP contribution in [0.5, 0.6) is 0 Å². The lowest BCUT2D eigenvalue weighted by Gasteiger charge is -2.46. The highest BCUT2D eigenvalue weighted by molar-refractivity contribution is 6.42. The molecule has 0 aromatic heterocycles. The molecule has 46 heavy (non-hydrogen) atoms. The van der Waals surface area contributed by atoms with E-state index in [0.717, 1.165) is 27.5 Å². The molecule has 4 aromatic carbocycles. The van der Waals surface area contributed by atoms with Crippen molar-refractivity contribution in [3.05, 3.63) is 112 Å². The molecule has 0 spiro atoms. The number of nitrogens with zero attached hydrogens (tertiary/aromatic N) is 4. The maximum atomic E-state index is 14.2. The predicted molar refractivity (Wildman–Crippen MR) is 177 cm³/mol. The van der Waals surface area contributed by atoms with Gasteiger partial charge >= 0.3 is 6.03 Å². The number of halogens is 2.